The molecule has 0 unspecified atom stereocenters. The molecule has 4 rings (SSSR count). The first-order chi connectivity index (χ1) is 13.6. The van der Waals surface area contributed by atoms with Crippen LogP contribution in [-0.4, -0.2) is 49.4 Å². The lowest BCUT2D eigenvalue weighted by molar-refractivity contribution is -0.145. The topological polar surface area (TPSA) is 49.9 Å². The van der Waals surface area contributed by atoms with Gasteiger partial charge in [-0.3, -0.25) is 9.59 Å². The van der Waals surface area contributed by atoms with Crippen LogP contribution in [0.3, 0.4) is 0 Å². The number of anilines is 1. The van der Waals surface area contributed by atoms with Crippen molar-refractivity contribution in [2.75, 3.05) is 31.1 Å². The quantitative estimate of drug-likeness (QED) is 0.749. The molecule has 0 saturated carbocycles. The molecule has 28 heavy (non-hydrogen) atoms. The van der Waals surface area contributed by atoms with Crippen molar-refractivity contribution in [1.82, 2.24) is 4.90 Å². The highest BCUT2D eigenvalue weighted by Crippen LogP contribution is 2.28. The Balaban J connectivity index is 1.24. The summed E-state index contributed by atoms with van der Waals surface area (Å²) in [4.78, 5) is 27.8. The zero-order valence-corrected chi connectivity index (χ0v) is 16.2. The second-order valence-corrected chi connectivity index (χ2v) is 7.72. The predicted octanol–water partition coefficient (Wildman–Crippen LogP) is 3.31. The molecule has 5 heteroatoms. The minimum absolute atomic E-state index is 0.0986. The van der Waals surface area contributed by atoms with E-state index >= 15 is 0 Å². The fourth-order valence-corrected chi connectivity index (χ4v) is 3.97. The van der Waals surface area contributed by atoms with Crippen LogP contribution in [0.15, 0.2) is 48.5 Å². The van der Waals surface area contributed by atoms with E-state index in [9.17, 15) is 9.59 Å². The smallest absolute Gasteiger partial charge is 0.226 e. The van der Waals surface area contributed by atoms with Crippen molar-refractivity contribution in [2.45, 2.75) is 25.9 Å². The van der Waals surface area contributed by atoms with Gasteiger partial charge in [0.2, 0.25) is 5.91 Å². The van der Waals surface area contributed by atoms with Gasteiger partial charge in [-0.1, -0.05) is 18.2 Å². The summed E-state index contributed by atoms with van der Waals surface area (Å²) in [5.74, 6) is 1.28. The van der Waals surface area contributed by atoms with Gasteiger partial charge in [-0.2, -0.15) is 0 Å². The summed E-state index contributed by atoms with van der Waals surface area (Å²) in [5, 5.41) is 0. The first kappa shape index (κ1) is 18.5. The molecule has 0 N–H and O–H groups in total. The van der Waals surface area contributed by atoms with Gasteiger partial charge in [0, 0.05) is 30.3 Å². The molecule has 2 saturated heterocycles. The lowest BCUT2D eigenvalue weighted by Crippen LogP contribution is -2.58. The summed E-state index contributed by atoms with van der Waals surface area (Å²) in [7, 11) is 0. The Hall–Kier alpha value is -2.82. The Labute approximate surface area is 165 Å². The summed E-state index contributed by atoms with van der Waals surface area (Å²) in [5.41, 5.74) is 2.93. The van der Waals surface area contributed by atoms with E-state index in [-0.39, 0.29) is 17.9 Å². The average Bonchev–Trinajstić information content (AvgIpc) is 2.71. The normalized spacial score (nSPS) is 17.9. The minimum Gasteiger partial charge on any atom is -0.486 e. The number of amides is 1. The number of ether oxygens (including phenoxy) is 1. The van der Waals surface area contributed by atoms with E-state index < -0.39 is 0 Å². The van der Waals surface area contributed by atoms with Gasteiger partial charge in [0.05, 0.1) is 13.1 Å². The van der Waals surface area contributed by atoms with E-state index in [1.807, 2.05) is 60.4 Å². The second kappa shape index (κ2) is 8.05. The van der Waals surface area contributed by atoms with Crippen LogP contribution in [0.1, 0.15) is 28.8 Å². The number of carbonyl (C=O) groups excluding carboxylic acids is 2. The number of aryl methyl sites for hydroxylation is 1. The zero-order chi connectivity index (χ0) is 19.5. The summed E-state index contributed by atoms with van der Waals surface area (Å²) in [6.07, 6.45) is 2.70. The largest absolute Gasteiger partial charge is 0.486 e. The molecule has 2 aromatic rings. The molecule has 2 aliphatic heterocycles. The fourth-order valence-electron chi connectivity index (χ4n) is 3.97. The lowest BCUT2D eigenvalue weighted by Gasteiger charge is -2.42. The van der Waals surface area contributed by atoms with E-state index in [4.69, 9.17) is 4.74 Å². The molecule has 0 aromatic heterocycles. The van der Waals surface area contributed by atoms with Gasteiger partial charge < -0.3 is 14.5 Å². The molecule has 2 aliphatic rings. The molecule has 2 heterocycles. The summed E-state index contributed by atoms with van der Waals surface area (Å²) in [6.45, 7) is 5.14. The maximum absolute atomic E-state index is 12.8. The maximum atomic E-state index is 12.8. The van der Waals surface area contributed by atoms with E-state index in [1.54, 1.807) is 0 Å². The Morgan fingerprint density at radius 2 is 1.71 bits per heavy atom. The standard InChI is InChI=1S/C23H26N2O3/c1-17-4-2-3-5-22(17)28-21-14-25(15-21)23(27)19-10-12-24(13-11-19)20-8-6-18(16-26)7-9-20/h2-9,16,19,21H,10-15H2,1H3. The Morgan fingerprint density at radius 3 is 2.36 bits per heavy atom. The molecular weight excluding hydrogens is 352 g/mol. The van der Waals surface area contributed by atoms with Crippen molar-refractivity contribution in [1.29, 1.82) is 0 Å². The summed E-state index contributed by atoms with van der Waals surface area (Å²) in [6, 6.07) is 15.6. The van der Waals surface area contributed by atoms with Crippen molar-refractivity contribution >= 4 is 17.9 Å². The van der Waals surface area contributed by atoms with E-state index in [0.717, 1.165) is 49.2 Å². The second-order valence-electron chi connectivity index (χ2n) is 7.72. The fraction of sp³-hybridized carbons (Fsp3) is 0.391. The number of rotatable bonds is 5. The highest BCUT2D eigenvalue weighted by Gasteiger charge is 2.37. The maximum Gasteiger partial charge on any atom is 0.226 e. The van der Waals surface area contributed by atoms with Crippen LogP contribution in [-0.2, 0) is 4.79 Å². The third-order valence-corrected chi connectivity index (χ3v) is 5.79. The summed E-state index contributed by atoms with van der Waals surface area (Å²) < 4.78 is 6.02. The Bertz CT molecular complexity index is 835. The molecule has 146 valence electrons. The first-order valence-corrected chi connectivity index (χ1v) is 9.95. The van der Waals surface area contributed by atoms with Crippen LogP contribution in [0.4, 0.5) is 5.69 Å². The van der Waals surface area contributed by atoms with Crippen LogP contribution >= 0.6 is 0 Å². The van der Waals surface area contributed by atoms with Crippen LogP contribution in [0.25, 0.3) is 0 Å². The monoisotopic (exact) mass is 378 g/mol. The van der Waals surface area contributed by atoms with Gasteiger partial charge in [0.1, 0.15) is 18.1 Å². The number of piperidine rings is 1. The molecule has 1 amide bonds. The van der Waals surface area contributed by atoms with E-state index in [0.29, 0.717) is 18.7 Å². The van der Waals surface area contributed by atoms with Crippen molar-refractivity contribution in [2.24, 2.45) is 5.92 Å². The number of carbonyl (C=O) groups is 2. The van der Waals surface area contributed by atoms with Crippen molar-refractivity contribution in [3.8, 4) is 5.75 Å². The number of aldehydes is 1. The van der Waals surface area contributed by atoms with Crippen LogP contribution < -0.4 is 9.64 Å². The zero-order valence-electron chi connectivity index (χ0n) is 16.2. The summed E-state index contributed by atoms with van der Waals surface area (Å²) >= 11 is 0. The van der Waals surface area contributed by atoms with Crippen molar-refractivity contribution < 1.29 is 14.3 Å². The molecule has 5 nitrogen and oxygen atoms in total. The third kappa shape index (κ3) is 3.88. The SMILES string of the molecule is Cc1ccccc1OC1CN(C(=O)C2CCN(c3ccc(C=O)cc3)CC2)C1. The number of benzene rings is 2. The highest BCUT2D eigenvalue weighted by molar-refractivity contribution is 5.80. The average molecular weight is 378 g/mol. The van der Waals surface area contributed by atoms with Gasteiger partial charge in [0.15, 0.2) is 0 Å². The van der Waals surface area contributed by atoms with Gasteiger partial charge in [0.25, 0.3) is 0 Å². The van der Waals surface area contributed by atoms with E-state index in [1.165, 1.54) is 0 Å². The number of nitrogens with zero attached hydrogens (tertiary/aromatic N) is 2. The first-order valence-electron chi connectivity index (χ1n) is 9.95. The van der Waals surface area contributed by atoms with Crippen LogP contribution in [0, 0.1) is 12.8 Å². The molecule has 2 aromatic carbocycles. The van der Waals surface area contributed by atoms with Gasteiger partial charge in [-0.25, -0.2) is 0 Å². The molecule has 0 bridgehead atoms. The van der Waals surface area contributed by atoms with Gasteiger partial charge >= 0.3 is 0 Å². The lowest BCUT2D eigenvalue weighted by atomic mass is 9.93. The van der Waals surface area contributed by atoms with Gasteiger partial charge in [-0.15, -0.1) is 0 Å². The van der Waals surface area contributed by atoms with Crippen molar-refractivity contribution in [3.05, 3.63) is 59.7 Å². The molecule has 0 atom stereocenters. The highest BCUT2D eigenvalue weighted by atomic mass is 16.5. The van der Waals surface area contributed by atoms with Gasteiger partial charge in [-0.05, 0) is 55.7 Å². The number of hydrogen-bond acceptors (Lipinski definition) is 4. The molecular formula is C23H26N2O3. The van der Waals surface area contributed by atoms with Crippen molar-refractivity contribution in [3.63, 3.8) is 0 Å². The predicted molar refractivity (Wildman–Crippen MR) is 109 cm³/mol. The molecule has 0 spiro atoms. The van der Waals surface area contributed by atoms with Crippen LogP contribution in [0.2, 0.25) is 0 Å². The van der Waals surface area contributed by atoms with Crippen LogP contribution in [0.5, 0.6) is 5.75 Å². The molecule has 0 aliphatic carbocycles. The molecule has 2 fully saturated rings. The Morgan fingerprint density at radius 1 is 1.04 bits per heavy atom. The third-order valence-electron chi connectivity index (χ3n) is 5.79. The molecule has 0 radical (unpaired) electrons. The Kier molecular flexibility index (Phi) is 5.33. The minimum atomic E-state index is 0.0986. The number of hydrogen-bond donors (Lipinski definition) is 0. The number of likely N-dealkylation sites (tertiary alicyclic amines) is 1. The van der Waals surface area contributed by atoms with E-state index in [2.05, 4.69) is 4.90 Å². The number of para-hydroxylation sites is 1.